The highest BCUT2D eigenvalue weighted by molar-refractivity contribution is 5.69. The number of hydrogen-bond acceptors (Lipinski definition) is 4. The molecule has 0 bridgehead atoms. The third-order valence-electron chi connectivity index (χ3n) is 2.68. The lowest BCUT2D eigenvalue weighted by atomic mass is 10.1. The van der Waals surface area contributed by atoms with Gasteiger partial charge in [0.25, 0.3) is 0 Å². The van der Waals surface area contributed by atoms with Gasteiger partial charge < -0.3 is 19.7 Å². The minimum absolute atomic E-state index is 0.213. The van der Waals surface area contributed by atoms with Gasteiger partial charge in [0.2, 0.25) is 0 Å². The van der Waals surface area contributed by atoms with Crippen LogP contribution in [0, 0.1) is 0 Å². The molecule has 0 spiro atoms. The van der Waals surface area contributed by atoms with Gasteiger partial charge in [-0.1, -0.05) is 0 Å². The number of likely N-dealkylation sites (tertiary alicyclic amines) is 1. The lowest BCUT2D eigenvalue weighted by Crippen LogP contribution is -2.61. The second-order valence-corrected chi connectivity index (χ2v) is 5.76. The Morgan fingerprint density at radius 1 is 1.44 bits per heavy atom. The van der Waals surface area contributed by atoms with Crippen molar-refractivity contribution >= 4 is 6.09 Å². The second kappa shape index (κ2) is 6.38. The molecule has 18 heavy (non-hydrogen) atoms. The van der Waals surface area contributed by atoms with E-state index in [4.69, 9.17) is 9.47 Å². The highest BCUT2D eigenvalue weighted by atomic mass is 16.6. The summed E-state index contributed by atoms with van der Waals surface area (Å²) in [5.74, 6) is 0. The Balaban J connectivity index is 2.14. The Morgan fingerprint density at radius 2 is 2.06 bits per heavy atom. The van der Waals surface area contributed by atoms with Crippen molar-refractivity contribution in [2.24, 2.45) is 0 Å². The molecule has 1 amide bonds. The molecule has 1 aliphatic rings. The van der Waals surface area contributed by atoms with E-state index in [0.717, 1.165) is 13.2 Å². The van der Waals surface area contributed by atoms with Gasteiger partial charge in [-0.2, -0.15) is 0 Å². The van der Waals surface area contributed by atoms with Crippen molar-refractivity contribution in [3.05, 3.63) is 0 Å². The van der Waals surface area contributed by atoms with E-state index in [1.165, 1.54) is 0 Å². The van der Waals surface area contributed by atoms with E-state index >= 15 is 0 Å². The molecule has 106 valence electrons. The van der Waals surface area contributed by atoms with E-state index in [-0.39, 0.29) is 12.2 Å². The quantitative estimate of drug-likeness (QED) is 0.814. The summed E-state index contributed by atoms with van der Waals surface area (Å²) in [4.78, 5) is 13.4. The van der Waals surface area contributed by atoms with Crippen LogP contribution in [0.25, 0.3) is 0 Å². The number of hydrogen-bond donors (Lipinski definition) is 1. The first-order chi connectivity index (χ1) is 8.31. The van der Waals surface area contributed by atoms with E-state index in [1.807, 2.05) is 34.6 Å². The summed E-state index contributed by atoms with van der Waals surface area (Å²) in [6.07, 6.45) is -0.0102. The van der Waals surface area contributed by atoms with Crippen LogP contribution < -0.4 is 5.32 Å². The zero-order chi connectivity index (χ0) is 13.8. The number of nitrogens with one attached hydrogen (secondary N) is 1. The average Bonchev–Trinajstić information content (AvgIpc) is 2.12. The fourth-order valence-corrected chi connectivity index (χ4v) is 1.76. The Labute approximate surface area is 110 Å². The zero-order valence-corrected chi connectivity index (χ0v) is 12.2. The van der Waals surface area contributed by atoms with E-state index in [9.17, 15) is 4.79 Å². The summed E-state index contributed by atoms with van der Waals surface area (Å²) >= 11 is 0. The SMILES string of the molecule is CCOC(C)CNC1CN(C(=O)OC(C)(C)C)C1. The smallest absolute Gasteiger partial charge is 0.410 e. The van der Waals surface area contributed by atoms with Crippen LogP contribution in [-0.2, 0) is 9.47 Å². The molecule has 1 atom stereocenters. The number of ether oxygens (including phenoxy) is 2. The summed E-state index contributed by atoms with van der Waals surface area (Å²) in [6.45, 7) is 12.7. The molecular weight excluding hydrogens is 232 g/mol. The van der Waals surface area contributed by atoms with E-state index in [0.29, 0.717) is 19.1 Å². The lowest BCUT2D eigenvalue weighted by molar-refractivity contribution is 0.00295. The molecule has 1 heterocycles. The summed E-state index contributed by atoms with van der Waals surface area (Å²) in [5, 5.41) is 3.38. The largest absolute Gasteiger partial charge is 0.444 e. The molecule has 0 aromatic rings. The molecule has 1 saturated heterocycles. The maximum absolute atomic E-state index is 11.7. The molecule has 0 aromatic heterocycles. The van der Waals surface area contributed by atoms with Crippen LogP contribution >= 0.6 is 0 Å². The Bertz CT molecular complexity index is 270. The minimum Gasteiger partial charge on any atom is -0.444 e. The third-order valence-corrected chi connectivity index (χ3v) is 2.68. The fraction of sp³-hybridized carbons (Fsp3) is 0.923. The second-order valence-electron chi connectivity index (χ2n) is 5.76. The standard InChI is InChI=1S/C13H26N2O3/c1-6-17-10(2)7-14-11-8-15(9-11)12(16)18-13(3,4)5/h10-11,14H,6-9H2,1-5H3. The van der Waals surface area contributed by atoms with Crippen molar-refractivity contribution in [3.63, 3.8) is 0 Å². The Hall–Kier alpha value is -0.810. The molecule has 1 unspecified atom stereocenters. The van der Waals surface area contributed by atoms with Crippen molar-refractivity contribution < 1.29 is 14.3 Å². The van der Waals surface area contributed by atoms with Crippen molar-refractivity contribution in [2.45, 2.75) is 52.4 Å². The predicted molar refractivity (Wildman–Crippen MR) is 70.7 cm³/mol. The van der Waals surface area contributed by atoms with Gasteiger partial charge in [0.1, 0.15) is 5.60 Å². The van der Waals surface area contributed by atoms with Crippen LogP contribution in [0.5, 0.6) is 0 Å². The predicted octanol–water partition coefficient (Wildman–Crippen LogP) is 1.62. The molecular formula is C13H26N2O3. The van der Waals surface area contributed by atoms with Gasteiger partial charge in [-0.05, 0) is 34.6 Å². The lowest BCUT2D eigenvalue weighted by Gasteiger charge is -2.40. The molecule has 0 aliphatic carbocycles. The molecule has 5 heteroatoms. The summed E-state index contributed by atoms with van der Waals surface area (Å²) in [7, 11) is 0. The number of carbonyl (C=O) groups is 1. The van der Waals surface area contributed by atoms with Crippen LogP contribution in [0.1, 0.15) is 34.6 Å². The zero-order valence-electron chi connectivity index (χ0n) is 12.2. The monoisotopic (exact) mass is 258 g/mol. The first-order valence-corrected chi connectivity index (χ1v) is 6.64. The van der Waals surface area contributed by atoms with Gasteiger partial charge in [0.15, 0.2) is 0 Å². The number of nitrogens with zero attached hydrogens (tertiary/aromatic N) is 1. The van der Waals surface area contributed by atoms with Crippen LogP contribution in [0.4, 0.5) is 4.79 Å². The van der Waals surface area contributed by atoms with Crippen LogP contribution in [0.2, 0.25) is 0 Å². The first-order valence-electron chi connectivity index (χ1n) is 6.64. The van der Waals surface area contributed by atoms with Crippen molar-refractivity contribution in [1.82, 2.24) is 10.2 Å². The van der Waals surface area contributed by atoms with Crippen molar-refractivity contribution in [1.29, 1.82) is 0 Å². The maximum atomic E-state index is 11.7. The number of rotatable bonds is 5. The Kier molecular flexibility index (Phi) is 5.41. The molecule has 0 aromatic carbocycles. The van der Waals surface area contributed by atoms with E-state index in [2.05, 4.69) is 5.32 Å². The van der Waals surface area contributed by atoms with Gasteiger partial charge in [-0.3, -0.25) is 0 Å². The summed E-state index contributed by atoms with van der Waals surface area (Å²) in [5.41, 5.74) is -0.418. The molecule has 1 N–H and O–H groups in total. The molecule has 0 radical (unpaired) electrons. The molecule has 1 rings (SSSR count). The first kappa shape index (κ1) is 15.2. The molecule has 1 fully saturated rings. The van der Waals surface area contributed by atoms with Crippen LogP contribution in [0.15, 0.2) is 0 Å². The van der Waals surface area contributed by atoms with Crippen LogP contribution in [-0.4, -0.2) is 55.0 Å². The maximum Gasteiger partial charge on any atom is 0.410 e. The normalized spacial score (nSPS) is 18.4. The molecule has 5 nitrogen and oxygen atoms in total. The van der Waals surface area contributed by atoms with Crippen molar-refractivity contribution in [2.75, 3.05) is 26.2 Å². The van der Waals surface area contributed by atoms with Crippen molar-refractivity contribution in [3.8, 4) is 0 Å². The minimum atomic E-state index is -0.418. The molecule has 1 aliphatic heterocycles. The third kappa shape index (κ3) is 5.23. The van der Waals surface area contributed by atoms with Crippen LogP contribution in [0.3, 0.4) is 0 Å². The number of carbonyl (C=O) groups excluding carboxylic acids is 1. The Morgan fingerprint density at radius 3 is 2.56 bits per heavy atom. The summed E-state index contributed by atoms with van der Waals surface area (Å²) in [6, 6.07) is 0.362. The number of amides is 1. The van der Waals surface area contributed by atoms with Gasteiger partial charge in [0, 0.05) is 32.3 Å². The van der Waals surface area contributed by atoms with Gasteiger partial charge in [-0.15, -0.1) is 0 Å². The average molecular weight is 258 g/mol. The van der Waals surface area contributed by atoms with Gasteiger partial charge >= 0.3 is 6.09 Å². The van der Waals surface area contributed by atoms with Gasteiger partial charge in [0.05, 0.1) is 6.10 Å². The topological polar surface area (TPSA) is 50.8 Å². The fourth-order valence-electron chi connectivity index (χ4n) is 1.76. The highest BCUT2D eigenvalue weighted by Gasteiger charge is 2.33. The highest BCUT2D eigenvalue weighted by Crippen LogP contribution is 2.15. The summed E-state index contributed by atoms with van der Waals surface area (Å²) < 4.78 is 10.7. The van der Waals surface area contributed by atoms with E-state index < -0.39 is 5.60 Å². The van der Waals surface area contributed by atoms with Gasteiger partial charge in [-0.25, -0.2) is 4.79 Å². The van der Waals surface area contributed by atoms with E-state index in [1.54, 1.807) is 4.90 Å². The molecule has 0 saturated carbocycles.